The highest BCUT2D eigenvalue weighted by Gasteiger charge is 2.32. The highest BCUT2D eigenvalue weighted by atomic mass is 31.1. The largest absolute Gasteiger partial charge is 0.455 e. The van der Waals surface area contributed by atoms with Gasteiger partial charge in [-0.15, -0.1) is 0 Å². The Morgan fingerprint density at radius 1 is 0.381 bits per heavy atom. The van der Waals surface area contributed by atoms with Gasteiger partial charge in [-0.1, -0.05) is 146 Å². The first-order valence-corrected chi connectivity index (χ1v) is 16.9. The summed E-state index contributed by atoms with van der Waals surface area (Å²) in [7, 11) is -1.76. The van der Waals surface area contributed by atoms with Gasteiger partial charge in [-0.25, -0.2) is 0 Å². The van der Waals surface area contributed by atoms with Crippen LogP contribution in [0.3, 0.4) is 0 Å². The highest BCUT2D eigenvalue weighted by molar-refractivity contribution is 7.80. The first-order valence-electron chi connectivity index (χ1n) is 14.2. The molecule has 0 spiro atoms. The lowest BCUT2D eigenvalue weighted by atomic mass is 10.0. The Morgan fingerprint density at radius 3 is 1.00 bits per heavy atom. The van der Waals surface area contributed by atoms with Crippen molar-refractivity contribution in [2.75, 3.05) is 0 Å². The van der Waals surface area contributed by atoms with Gasteiger partial charge < -0.3 is 9.47 Å². The molecule has 0 amide bonds. The molecule has 1 aliphatic heterocycles. The molecule has 7 rings (SSSR count). The normalized spacial score (nSPS) is 12.6. The van der Waals surface area contributed by atoms with Crippen molar-refractivity contribution in [1.29, 1.82) is 0 Å². The van der Waals surface area contributed by atoms with Crippen molar-refractivity contribution in [2.24, 2.45) is 0 Å². The summed E-state index contributed by atoms with van der Waals surface area (Å²) in [6.45, 7) is 1.98. The fourth-order valence-electron chi connectivity index (χ4n) is 5.66. The molecule has 0 bridgehead atoms. The molecule has 2 nitrogen and oxygen atoms in total. The highest BCUT2D eigenvalue weighted by Crippen LogP contribution is 2.48. The van der Waals surface area contributed by atoms with Crippen molar-refractivity contribution in [3.63, 3.8) is 0 Å². The van der Waals surface area contributed by atoms with Crippen LogP contribution >= 0.6 is 15.8 Å². The molecule has 0 radical (unpaired) electrons. The predicted molar refractivity (Wildman–Crippen MR) is 180 cm³/mol. The summed E-state index contributed by atoms with van der Waals surface area (Å²) in [6.07, 6.45) is -0.421. The fourth-order valence-corrected chi connectivity index (χ4v) is 10.6. The second-order valence-corrected chi connectivity index (χ2v) is 14.5. The molecule has 0 fully saturated rings. The maximum atomic E-state index is 6.54. The molecule has 4 heteroatoms. The number of rotatable bonds is 6. The van der Waals surface area contributed by atoms with Crippen molar-refractivity contribution in [1.82, 2.24) is 0 Å². The number of hydrogen-bond acceptors (Lipinski definition) is 2. The summed E-state index contributed by atoms with van der Waals surface area (Å²) in [5.41, 5.74) is 2.26. The molecule has 1 aliphatic rings. The minimum Gasteiger partial charge on any atom is -0.455 e. The molecule has 1 heterocycles. The first kappa shape index (κ1) is 26.7. The lowest BCUT2D eigenvalue weighted by molar-refractivity contribution is 0.0263. The zero-order chi connectivity index (χ0) is 28.3. The smallest absolute Gasteiger partial charge is 0.238 e. The number of benzene rings is 6. The zero-order valence-electron chi connectivity index (χ0n) is 23.3. The monoisotopic (exact) mass is 580 g/mol. The number of hydrogen-bond donors (Lipinski definition) is 0. The SMILES string of the molecule is CC1Oc2cccc(P(c3ccccc3)c3ccccc3)c2-c2c(cccc2P(c2ccccc2)c2ccccc2)O1. The summed E-state index contributed by atoms with van der Waals surface area (Å²) < 4.78 is 13.1. The van der Waals surface area contributed by atoms with Crippen LogP contribution in [-0.4, -0.2) is 6.29 Å². The van der Waals surface area contributed by atoms with Crippen molar-refractivity contribution < 1.29 is 9.47 Å². The van der Waals surface area contributed by atoms with E-state index in [0.29, 0.717) is 0 Å². The van der Waals surface area contributed by atoms with Gasteiger partial charge in [0.1, 0.15) is 11.5 Å². The van der Waals surface area contributed by atoms with Crippen molar-refractivity contribution in [3.05, 3.63) is 158 Å². The summed E-state index contributed by atoms with van der Waals surface area (Å²) in [6, 6.07) is 56.5. The van der Waals surface area contributed by atoms with E-state index in [1.54, 1.807) is 0 Å². The van der Waals surface area contributed by atoms with Gasteiger partial charge in [0.25, 0.3) is 0 Å². The van der Waals surface area contributed by atoms with Gasteiger partial charge in [0, 0.05) is 18.1 Å². The van der Waals surface area contributed by atoms with E-state index in [2.05, 4.69) is 158 Å². The minimum absolute atomic E-state index is 0.421. The standard InChI is InChI=1S/C38H30O2P2/c1-28-39-33-24-14-26-35(41(29-16-6-2-7-17-29)30-18-8-3-9-19-30)37(33)38-34(40-28)25-15-27-36(38)42(31-20-10-4-11-21-31)32-22-12-5-13-23-32/h2-28H,1H3. The van der Waals surface area contributed by atoms with E-state index in [1.165, 1.54) is 31.8 Å². The van der Waals surface area contributed by atoms with Gasteiger partial charge in [0.05, 0.1) is 0 Å². The van der Waals surface area contributed by atoms with Crippen LogP contribution < -0.4 is 41.3 Å². The summed E-state index contributed by atoms with van der Waals surface area (Å²) >= 11 is 0. The van der Waals surface area contributed by atoms with Crippen LogP contribution in [0, 0.1) is 0 Å². The molecular weight excluding hydrogens is 550 g/mol. The van der Waals surface area contributed by atoms with Crippen LogP contribution in [0.1, 0.15) is 6.92 Å². The lowest BCUT2D eigenvalue weighted by Gasteiger charge is -2.27. The molecule has 0 unspecified atom stereocenters. The molecule has 6 aromatic rings. The maximum absolute atomic E-state index is 6.54. The third-order valence-electron chi connectivity index (χ3n) is 7.38. The predicted octanol–water partition coefficient (Wildman–Crippen LogP) is 6.99. The third kappa shape index (κ3) is 5.14. The first-order chi connectivity index (χ1) is 20.8. The molecule has 0 atom stereocenters. The van der Waals surface area contributed by atoms with Gasteiger partial charge in [-0.05, 0) is 59.8 Å². The molecular formula is C38H30O2P2. The van der Waals surface area contributed by atoms with Crippen LogP contribution in [0.2, 0.25) is 0 Å². The van der Waals surface area contributed by atoms with Gasteiger partial charge >= 0.3 is 0 Å². The average Bonchev–Trinajstić information content (AvgIpc) is 3.19. The van der Waals surface area contributed by atoms with E-state index >= 15 is 0 Å². The van der Waals surface area contributed by atoms with Gasteiger partial charge in [-0.2, -0.15) is 0 Å². The Morgan fingerprint density at radius 2 is 0.690 bits per heavy atom. The quantitative estimate of drug-likeness (QED) is 0.198. The molecule has 0 saturated heterocycles. The Kier molecular flexibility index (Phi) is 7.58. The topological polar surface area (TPSA) is 18.5 Å². The number of fused-ring (bicyclic) bond motifs is 3. The van der Waals surface area contributed by atoms with Crippen LogP contribution in [0.25, 0.3) is 11.1 Å². The Hall–Kier alpha value is -4.22. The Labute approximate surface area is 250 Å². The molecule has 42 heavy (non-hydrogen) atoms. The van der Waals surface area contributed by atoms with Crippen molar-refractivity contribution in [2.45, 2.75) is 13.2 Å². The van der Waals surface area contributed by atoms with Gasteiger partial charge in [0.15, 0.2) is 0 Å². The lowest BCUT2D eigenvalue weighted by Crippen LogP contribution is -2.26. The van der Waals surface area contributed by atoms with Crippen LogP contribution in [0.15, 0.2) is 158 Å². The summed E-state index contributed by atoms with van der Waals surface area (Å²) in [4.78, 5) is 0. The molecule has 0 aliphatic carbocycles. The second kappa shape index (κ2) is 11.9. The van der Waals surface area contributed by atoms with E-state index in [0.717, 1.165) is 22.6 Å². The Balaban J connectivity index is 1.55. The third-order valence-corrected chi connectivity index (χ3v) is 12.4. The maximum Gasteiger partial charge on any atom is 0.238 e. The summed E-state index contributed by atoms with van der Waals surface area (Å²) in [5.74, 6) is 1.73. The number of ether oxygens (including phenoxy) is 2. The molecule has 204 valence electrons. The van der Waals surface area contributed by atoms with Gasteiger partial charge in [0.2, 0.25) is 6.29 Å². The van der Waals surface area contributed by atoms with E-state index < -0.39 is 22.1 Å². The van der Waals surface area contributed by atoms with Crippen molar-refractivity contribution >= 4 is 47.7 Å². The van der Waals surface area contributed by atoms with Crippen LogP contribution in [0.5, 0.6) is 11.5 Å². The van der Waals surface area contributed by atoms with E-state index in [4.69, 9.17) is 9.47 Å². The van der Waals surface area contributed by atoms with Gasteiger partial charge in [-0.3, -0.25) is 0 Å². The minimum atomic E-state index is -0.880. The van der Waals surface area contributed by atoms with E-state index in [1.807, 2.05) is 6.92 Å². The van der Waals surface area contributed by atoms with Crippen LogP contribution in [-0.2, 0) is 0 Å². The van der Waals surface area contributed by atoms with Crippen LogP contribution in [0.4, 0.5) is 0 Å². The second-order valence-electron chi connectivity index (χ2n) is 10.1. The Bertz CT molecular complexity index is 1580. The zero-order valence-corrected chi connectivity index (χ0v) is 25.1. The van der Waals surface area contributed by atoms with Crippen molar-refractivity contribution in [3.8, 4) is 22.6 Å². The average molecular weight is 581 g/mol. The molecule has 0 saturated carbocycles. The molecule has 6 aromatic carbocycles. The summed E-state index contributed by atoms with van der Waals surface area (Å²) in [5, 5.41) is 7.75. The molecule has 0 aromatic heterocycles. The molecule has 0 N–H and O–H groups in total. The fraction of sp³-hybridized carbons (Fsp3) is 0.0526. The van der Waals surface area contributed by atoms with E-state index in [-0.39, 0.29) is 0 Å². The van der Waals surface area contributed by atoms with E-state index in [9.17, 15) is 0 Å².